The maximum absolute atomic E-state index is 5.80. The summed E-state index contributed by atoms with van der Waals surface area (Å²) >= 11 is 0. The summed E-state index contributed by atoms with van der Waals surface area (Å²) < 4.78 is 0. The first-order valence-corrected chi connectivity index (χ1v) is 7.24. The highest BCUT2D eigenvalue weighted by atomic mass is 14.5. The van der Waals surface area contributed by atoms with Gasteiger partial charge in [-0.2, -0.15) is 0 Å². The van der Waals surface area contributed by atoms with Gasteiger partial charge >= 0.3 is 0 Å². The van der Waals surface area contributed by atoms with Crippen LogP contribution in [0.3, 0.4) is 0 Å². The fourth-order valence-corrected chi connectivity index (χ4v) is 2.35. The van der Waals surface area contributed by atoms with Crippen molar-refractivity contribution >= 4 is 0 Å². The molecule has 1 nitrogen and oxygen atoms in total. The van der Waals surface area contributed by atoms with Gasteiger partial charge in [0.2, 0.25) is 0 Å². The molecule has 0 aliphatic heterocycles. The second-order valence-electron chi connectivity index (χ2n) is 4.83. The van der Waals surface area contributed by atoms with Crippen LogP contribution in [0, 0.1) is 0 Å². The minimum Gasteiger partial charge on any atom is -0.326 e. The highest BCUT2D eigenvalue weighted by Gasteiger charge is 2.07. The highest BCUT2D eigenvalue weighted by molar-refractivity contribution is 5.51. The molecule has 1 rings (SSSR count). The molecule has 0 fully saturated rings. The van der Waals surface area contributed by atoms with E-state index in [-0.39, 0.29) is 0 Å². The lowest BCUT2D eigenvalue weighted by molar-refractivity contribution is 0.915. The number of rotatable bonds is 8. The fraction of sp³-hybridized carbons (Fsp3) is 0.200. The Hall–Kier alpha value is -2.12. The first-order chi connectivity index (χ1) is 10.2. The van der Waals surface area contributed by atoms with Gasteiger partial charge in [0.15, 0.2) is 0 Å². The number of allylic oxidation sites excluding steroid dienone is 7. The largest absolute Gasteiger partial charge is 0.326 e. The third kappa shape index (κ3) is 4.73. The van der Waals surface area contributed by atoms with E-state index >= 15 is 0 Å². The van der Waals surface area contributed by atoms with E-state index in [2.05, 4.69) is 50.9 Å². The van der Waals surface area contributed by atoms with Crippen LogP contribution >= 0.6 is 0 Å². The number of nitrogens with two attached hydrogens (primary N) is 1. The molecule has 0 aliphatic carbocycles. The second kappa shape index (κ2) is 8.93. The van der Waals surface area contributed by atoms with Gasteiger partial charge in [-0.05, 0) is 47.6 Å². The lowest BCUT2D eigenvalue weighted by atomic mass is 9.92. The van der Waals surface area contributed by atoms with Gasteiger partial charge in [0.05, 0.1) is 0 Å². The Bertz CT molecular complexity index is 573. The molecule has 0 saturated carbocycles. The van der Waals surface area contributed by atoms with Crippen molar-refractivity contribution < 1.29 is 0 Å². The minimum atomic E-state index is 0.579. The van der Waals surface area contributed by atoms with Crippen LogP contribution in [0.5, 0.6) is 0 Å². The Kier molecular flexibility index (Phi) is 7.20. The monoisotopic (exact) mass is 279 g/mol. The molecule has 0 saturated heterocycles. The molecule has 0 amide bonds. The van der Waals surface area contributed by atoms with Gasteiger partial charge in [0.1, 0.15) is 0 Å². The summed E-state index contributed by atoms with van der Waals surface area (Å²) in [5.74, 6) is 0. The summed E-state index contributed by atoms with van der Waals surface area (Å²) in [6, 6.07) is 8.33. The molecule has 1 aromatic rings. The van der Waals surface area contributed by atoms with E-state index in [0.29, 0.717) is 6.54 Å². The zero-order valence-electron chi connectivity index (χ0n) is 12.9. The molecule has 0 spiro atoms. The molecule has 0 heterocycles. The molecular weight excluding hydrogens is 254 g/mol. The van der Waals surface area contributed by atoms with Crippen LogP contribution in [0.2, 0.25) is 0 Å². The molecule has 0 aromatic heterocycles. The average molecular weight is 279 g/mol. The normalized spacial score (nSPS) is 12.1. The van der Waals surface area contributed by atoms with Crippen molar-refractivity contribution in [2.45, 2.75) is 26.3 Å². The van der Waals surface area contributed by atoms with Gasteiger partial charge in [-0.3, -0.25) is 0 Å². The van der Waals surface area contributed by atoms with E-state index in [9.17, 15) is 0 Å². The number of hydrogen-bond acceptors (Lipinski definition) is 1. The minimum absolute atomic E-state index is 0.579. The predicted molar refractivity (Wildman–Crippen MR) is 94.0 cm³/mol. The molecule has 0 aliphatic rings. The number of hydrogen-bond donors (Lipinski definition) is 1. The molecule has 21 heavy (non-hydrogen) atoms. The van der Waals surface area contributed by atoms with E-state index in [1.54, 1.807) is 12.2 Å². The Labute approximate surface area is 128 Å². The van der Waals surface area contributed by atoms with Crippen LogP contribution < -0.4 is 5.73 Å². The van der Waals surface area contributed by atoms with Crippen LogP contribution in [0.4, 0.5) is 0 Å². The summed E-state index contributed by atoms with van der Waals surface area (Å²) in [5.41, 5.74) is 11.6. The predicted octanol–water partition coefficient (Wildman–Crippen LogP) is 4.88. The molecule has 110 valence electrons. The van der Waals surface area contributed by atoms with Crippen molar-refractivity contribution in [2.24, 2.45) is 5.73 Å². The van der Waals surface area contributed by atoms with Gasteiger partial charge in [-0.1, -0.05) is 68.3 Å². The van der Waals surface area contributed by atoms with Gasteiger partial charge in [-0.15, -0.1) is 0 Å². The third-order valence-corrected chi connectivity index (χ3v) is 3.57. The maximum atomic E-state index is 5.80. The van der Waals surface area contributed by atoms with Crippen molar-refractivity contribution in [3.63, 3.8) is 0 Å². The smallest absolute Gasteiger partial charge is 0.0180 e. The molecule has 1 aromatic carbocycles. The summed E-state index contributed by atoms with van der Waals surface area (Å²) in [5, 5.41) is 0. The van der Waals surface area contributed by atoms with E-state index in [0.717, 1.165) is 24.0 Å². The first-order valence-electron chi connectivity index (χ1n) is 7.24. The van der Waals surface area contributed by atoms with E-state index in [4.69, 9.17) is 5.73 Å². The number of benzene rings is 1. The highest BCUT2D eigenvalue weighted by Crippen LogP contribution is 2.24. The summed E-state index contributed by atoms with van der Waals surface area (Å²) in [4.78, 5) is 0. The molecule has 1 heteroatoms. The van der Waals surface area contributed by atoms with E-state index in [1.807, 2.05) is 12.1 Å². The topological polar surface area (TPSA) is 26.0 Å². The first kappa shape index (κ1) is 16.9. The quantitative estimate of drug-likeness (QED) is 0.674. The molecule has 0 atom stereocenters. The Balaban J connectivity index is 2.93. The lowest BCUT2D eigenvalue weighted by Gasteiger charge is -2.13. The van der Waals surface area contributed by atoms with E-state index < -0.39 is 0 Å². The van der Waals surface area contributed by atoms with Crippen molar-refractivity contribution in [2.75, 3.05) is 0 Å². The Morgan fingerprint density at radius 2 is 1.86 bits per heavy atom. The second-order valence-corrected chi connectivity index (χ2v) is 4.83. The third-order valence-electron chi connectivity index (χ3n) is 3.57. The van der Waals surface area contributed by atoms with Gasteiger partial charge in [0.25, 0.3) is 0 Å². The summed E-state index contributed by atoms with van der Waals surface area (Å²) in [7, 11) is 0. The average Bonchev–Trinajstić information content (AvgIpc) is 2.53. The Morgan fingerprint density at radius 1 is 1.19 bits per heavy atom. The zero-order chi connectivity index (χ0) is 15.7. The van der Waals surface area contributed by atoms with Crippen molar-refractivity contribution in [1.29, 1.82) is 0 Å². The standard InChI is InChI=1S/C20H25N/c1-5-10-20(16(4)6-2)17(7-3)13-14-18-11-8-9-12-19(18)15-21/h5-12H,1-2,4,13-15,21H2,3H3/b17-7-,20-10+. The van der Waals surface area contributed by atoms with Crippen molar-refractivity contribution in [1.82, 2.24) is 0 Å². The van der Waals surface area contributed by atoms with Gasteiger partial charge < -0.3 is 5.73 Å². The lowest BCUT2D eigenvalue weighted by Crippen LogP contribution is -2.02. The van der Waals surface area contributed by atoms with Gasteiger partial charge in [-0.25, -0.2) is 0 Å². The number of aryl methyl sites for hydroxylation is 1. The van der Waals surface area contributed by atoms with E-state index in [1.165, 1.54) is 16.7 Å². The zero-order valence-corrected chi connectivity index (χ0v) is 12.9. The molecule has 0 bridgehead atoms. The molecular formula is C20H25N. The van der Waals surface area contributed by atoms with Crippen LogP contribution in [-0.4, -0.2) is 0 Å². The molecule has 0 radical (unpaired) electrons. The molecule has 2 N–H and O–H groups in total. The van der Waals surface area contributed by atoms with Crippen LogP contribution in [0.15, 0.2) is 85.0 Å². The van der Waals surface area contributed by atoms with Gasteiger partial charge in [0, 0.05) is 6.54 Å². The Morgan fingerprint density at radius 3 is 2.38 bits per heavy atom. The van der Waals surface area contributed by atoms with Crippen molar-refractivity contribution in [3.05, 3.63) is 96.2 Å². The summed E-state index contributed by atoms with van der Waals surface area (Å²) in [6.45, 7) is 14.3. The van der Waals surface area contributed by atoms with Crippen LogP contribution in [0.25, 0.3) is 0 Å². The summed E-state index contributed by atoms with van der Waals surface area (Å²) in [6.07, 6.45) is 9.61. The molecule has 0 unspecified atom stereocenters. The van der Waals surface area contributed by atoms with Crippen molar-refractivity contribution in [3.8, 4) is 0 Å². The SMILES string of the molecule is C=C/C=C(C(=C)C=C)/C(=C\C)CCc1ccccc1CN. The van der Waals surface area contributed by atoms with Crippen LogP contribution in [0.1, 0.15) is 24.5 Å². The maximum Gasteiger partial charge on any atom is 0.0180 e. The van der Waals surface area contributed by atoms with Crippen LogP contribution in [-0.2, 0) is 13.0 Å². The fourth-order valence-electron chi connectivity index (χ4n) is 2.35.